The molecule has 0 bridgehead atoms. The molecule has 0 saturated heterocycles. The summed E-state index contributed by atoms with van der Waals surface area (Å²) in [5, 5.41) is 8.94. The Kier molecular flexibility index (Phi) is 3.46. The number of methoxy groups -OCH3 is 1. The number of nitrogens with zero attached hydrogens (tertiary/aromatic N) is 2. The molecule has 5 nitrogen and oxygen atoms in total. The molecule has 0 aliphatic heterocycles. The summed E-state index contributed by atoms with van der Waals surface area (Å²) in [7, 11) is 1.63. The molecule has 1 aromatic carbocycles. The number of carbonyl (C=O) groups is 1. The number of hydrogen-bond acceptors (Lipinski definition) is 4. The number of ether oxygens (including phenoxy) is 1. The fraction of sp³-hybridized carbons (Fsp3) is 0.214. The SMILES string of the molecule is COc1c(C)cc(-c2cc(C(=O)O)ncn2)cc1C. The number of carboxylic acids is 1. The van der Waals surface area contributed by atoms with Crippen molar-refractivity contribution >= 4 is 5.97 Å². The van der Waals surface area contributed by atoms with Gasteiger partial charge in [0.2, 0.25) is 0 Å². The van der Waals surface area contributed by atoms with Crippen LogP contribution in [0.2, 0.25) is 0 Å². The van der Waals surface area contributed by atoms with Gasteiger partial charge in [0.05, 0.1) is 12.8 Å². The highest BCUT2D eigenvalue weighted by molar-refractivity contribution is 5.86. The number of carboxylic acid groups (broad SMARTS) is 1. The van der Waals surface area contributed by atoms with Gasteiger partial charge in [-0.15, -0.1) is 0 Å². The van der Waals surface area contributed by atoms with Crippen molar-refractivity contribution in [2.45, 2.75) is 13.8 Å². The molecule has 0 amide bonds. The quantitative estimate of drug-likeness (QED) is 0.915. The van der Waals surface area contributed by atoms with E-state index in [4.69, 9.17) is 9.84 Å². The molecule has 0 fully saturated rings. The predicted octanol–water partition coefficient (Wildman–Crippen LogP) is 2.47. The maximum absolute atomic E-state index is 10.9. The number of rotatable bonds is 3. The van der Waals surface area contributed by atoms with Gasteiger partial charge >= 0.3 is 5.97 Å². The lowest BCUT2D eigenvalue weighted by Crippen LogP contribution is -2.01. The van der Waals surface area contributed by atoms with Crippen LogP contribution in [0, 0.1) is 13.8 Å². The lowest BCUT2D eigenvalue weighted by molar-refractivity contribution is 0.0690. The van der Waals surface area contributed by atoms with Crippen LogP contribution in [0.5, 0.6) is 5.75 Å². The number of hydrogen-bond donors (Lipinski definition) is 1. The fourth-order valence-electron chi connectivity index (χ4n) is 2.05. The molecule has 0 saturated carbocycles. The summed E-state index contributed by atoms with van der Waals surface area (Å²) < 4.78 is 5.30. The number of benzene rings is 1. The van der Waals surface area contributed by atoms with Gasteiger partial charge in [0.15, 0.2) is 5.69 Å². The number of aryl methyl sites for hydroxylation is 2. The van der Waals surface area contributed by atoms with Gasteiger partial charge in [0, 0.05) is 5.56 Å². The zero-order valence-corrected chi connectivity index (χ0v) is 11.0. The second-order valence-electron chi connectivity index (χ2n) is 4.24. The van der Waals surface area contributed by atoms with Crippen LogP contribution in [-0.2, 0) is 0 Å². The third-order valence-corrected chi connectivity index (χ3v) is 2.85. The van der Waals surface area contributed by atoms with E-state index in [1.165, 1.54) is 12.4 Å². The molecule has 0 aliphatic rings. The Bertz CT molecular complexity index is 615. The highest BCUT2D eigenvalue weighted by Crippen LogP contribution is 2.29. The summed E-state index contributed by atoms with van der Waals surface area (Å²) in [5.74, 6) is -0.234. The van der Waals surface area contributed by atoms with Crippen LogP contribution in [0.4, 0.5) is 0 Å². The highest BCUT2D eigenvalue weighted by atomic mass is 16.5. The first-order valence-electron chi connectivity index (χ1n) is 5.74. The zero-order valence-electron chi connectivity index (χ0n) is 11.0. The molecule has 0 aliphatic carbocycles. The summed E-state index contributed by atoms with van der Waals surface area (Å²) in [4.78, 5) is 18.7. The lowest BCUT2D eigenvalue weighted by Gasteiger charge is -2.11. The van der Waals surface area contributed by atoms with Crippen LogP contribution in [0.1, 0.15) is 21.6 Å². The van der Waals surface area contributed by atoms with Crippen molar-refractivity contribution < 1.29 is 14.6 Å². The number of aromatic carboxylic acids is 1. The van der Waals surface area contributed by atoms with E-state index in [0.717, 1.165) is 22.4 Å². The molecule has 0 spiro atoms. The van der Waals surface area contributed by atoms with E-state index in [1.54, 1.807) is 7.11 Å². The number of aromatic nitrogens is 2. The maximum atomic E-state index is 10.9. The van der Waals surface area contributed by atoms with Crippen molar-refractivity contribution in [3.63, 3.8) is 0 Å². The van der Waals surface area contributed by atoms with E-state index in [1.807, 2.05) is 26.0 Å². The minimum absolute atomic E-state index is 0.0175. The molecule has 5 heteroatoms. The third-order valence-electron chi connectivity index (χ3n) is 2.85. The van der Waals surface area contributed by atoms with Gasteiger partial charge in [-0.2, -0.15) is 0 Å². The topological polar surface area (TPSA) is 72.3 Å². The molecule has 0 radical (unpaired) electrons. The average Bonchev–Trinajstić information content (AvgIpc) is 2.38. The van der Waals surface area contributed by atoms with Gasteiger partial charge in [0.1, 0.15) is 12.1 Å². The molecule has 0 atom stereocenters. The standard InChI is InChI=1S/C14H14N2O3/c1-8-4-10(5-9(2)13(8)19-3)11-6-12(14(17)18)16-7-15-11/h4-7H,1-3H3,(H,17,18). The summed E-state index contributed by atoms with van der Waals surface area (Å²) in [5.41, 5.74) is 3.37. The van der Waals surface area contributed by atoms with E-state index in [2.05, 4.69) is 9.97 Å². The normalized spacial score (nSPS) is 10.3. The second-order valence-corrected chi connectivity index (χ2v) is 4.24. The molecule has 0 unspecified atom stereocenters. The Morgan fingerprint density at radius 3 is 2.32 bits per heavy atom. The summed E-state index contributed by atoms with van der Waals surface area (Å²) >= 11 is 0. The first kappa shape index (κ1) is 13.0. The Hall–Kier alpha value is -2.43. The summed E-state index contributed by atoms with van der Waals surface area (Å²) in [6.07, 6.45) is 1.26. The van der Waals surface area contributed by atoms with Crippen LogP contribution < -0.4 is 4.74 Å². The molecule has 1 N–H and O–H groups in total. The molecule has 2 aromatic rings. The summed E-state index contributed by atoms with van der Waals surface area (Å²) in [6, 6.07) is 5.29. The van der Waals surface area contributed by atoms with E-state index in [0.29, 0.717) is 5.69 Å². The third kappa shape index (κ3) is 2.54. The minimum Gasteiger partial charge on any atom is -0.496 e. The monoisotopic (exact) mass is 258 g/mol. The lowest BCUT2D eigenvalue weighted by atomic mass is 10.0. The van der Waals surface area contributed by atoms with Crippen LogP contribution in [0.3, 0.4) is 0 Å². The zero-order chi connectivity index (χ0) is 14.0. The van der Waals surface area contributed by atoms with Crippen molar-refractivity contribution in [1.29, 1.82) is 0 Å². The van der Waals surface area contributed by atoms with E-state index >= 15 is 0 Å². The molecule has 19 heavy (non-hydrogen) atoms. The maximum Gasteiger partial charge on any atom is 0.354 e. The van der Waals surface area contributed by atoms with E-state index in [9.17, 15) is 4.79 Å². The van der Waals surface area contributed by atoms with E-state index in [-0.39, 0.29) is 5.69 Å². The molecular formula is C14H14N2O3. The van der Waals surface area contributed by atoms with Crippen molar-refractivity contribution in [2.75, 3.05) is 7.11 Å². The molecular weight excluding hydrogens is 244 g/mol. The van der Waals surface area contributed by atoms with Gasteiger partial charge in [-0.1, -0.05) is 0 Å². The summed E-state index contributed by atoms with van der Waals surface area (Å²) in [6.45, 7) is 3.88. The Balaban J connectivity index is 2.53. The van der Waals surface area contributed by atoms with Crippen molar-refractivity contribution in [3.8, 4) is 17.0 Å². The van der Waals surface area contributed by atoms with Crippen LogP contribution >= 0.6 is 0 Å². The van der Waals surface area contributed by atoms with Crippen LogP contribution in [-0.4, -0.2) is 28.2 Å². The van der Waals surface area contributed by atoms with Gasteiger partial charge in [-0.25, -0.2) is 14.8 Å². The largest absolute Gasteiger partial charge is 0.496 e. The highest BCUT2D eigenvalue weighted by Gasteiger charge is 2.10. The first-order valence-corrected chi connectivity index (χ1v) is 5.74. The fourth-order valence-corrected chi connectivity index (χ4v) is 2.05. The molecule has 1 aromatic heterocycles. The Morgan fingerprint density at radius 1 is 1.16 bits per heavy atom. The molecule has 1 heterocycles. The second kappa shape index (κ2) is 5.06. The van der Waals surface area contributed by atoms with Crippen LogP contribution in [0.15, 0.2) is 24.5 Å². The van der Waals surface area contributed by atoms with Crippen LogP contribution in [0.25, 0.3) is 11.3 Å². The Labute approximate surface area is 110 Å². The smallest absolute Gasteiger partial charge is 0.354 e. The van der Waals surface area contributed by atoms with Crippen molar-refractivity contribution in [1.82, 2.24) is 9.97 Å². The Morgan fingerprint density at radius 2 is 1.79 bits per heavy atom. The van der Waals surface area contributed by atoms with Gasteiger partial charge in [-0.05, 0) is 43.2 Å². The van der Waals surface area contributed by atoms with E-state index < -0.39 is 5.97 Å². The van der Waals surface area contributed by atoms with Gasteiger partial charge in [-0.3, -0.25) is 0 Å². The van der Waals surface area contributed by atoms with Gasteiger partial charge < -0.3 is 9.84 Å². The minimum atomic E-state index is -1.06. The average molecular weight is 258 g/mol. The molecule has 2 rings (SSSR count). The van der Waals surface area contributed by atoms with Gasteiger partial charge in [0.25, 0.3) is 0 Å². The first-order chi connectivity index (χ1) is 9.02. The van der Waals surface area contributed by atoms with Crippen molar-refractivity contribution in [2.24, 2.45) is 0 Å². The molecule has 98 valence electrons. The predicted molar refractivity (Wildman–Crippen MR) is 70.5 cm³/mol. The van der Waals surface area contributed by atoms with Crippen molar-refractivity contribution in [3.05, 3.63) is 41.3 Å².